The van der Waals surface area contributed by atoms with Crippen molar-refractivity contribution in [3.8, 4) is 29.7 Å². The highest BCUT2D eigenvalue weighted by Crippen LogP contribution is 2.32. The lowest BCUT2D eigenvalue weighted by Crippen LogP contribution is -2.25. The van der Waals surface area contributed by atoms with Gasteiger partial charge >= 0.3 is 18.0 Å². The van der Waals surface area contributed by atoms with Crippen LogP contribution in [0.3, 0.4) is 0 Å². The first-order chi connectivity index (χ1) is 21.2. The number of anilines is 1. The molecule has 0 aliphatic rings. The Morgan fingerprint density at radius 2 is 1.80 bits per heavy atom. The summed E-state index contributed by atoms with van der Waals surface area (Å²) < 4.78 is 23.7. The molecule has 0 spiro atoms. The van der Waals surface area contributed by atoms with Gasteiger partial charge in [0.25, 0.3) is 11.9 Å². The third-order valence-electron chi connectivity index (χ3n) is 6.30. The van der Waals surface area contributed by atoms with Crippen molar-refractivity contribution in [2.24, 2.45) is 5.73 Å². The van der Waals surface area contributed by atoms with Crippen LogP contribution in [0.1, 0.15) is 33.3 Å². The van der Waals surface area contributed by atoms with Gasteiger partial charge in [0, 0.05) is 30.4 Å². The smallest absolute Gasteiger partial charge is 0.342 e. The average Bonchev–Trinajstić information content (AvgIpc) is 3.65. The number of hydrogen-bond donors (Lipinski definition) is 2. The van der Waals surface area contributed by atoms with Gasteiger partial charge in [-0.1, -0.05) is 11.6 Å². The number of amides is 1. The molecule has 0 radical (unpaired) electrons. The first kappa shape index (κ1) is 30.1. The highest BCUT2D eigenvalue weighted by Gasteiger charge is 2.27. The molecule has 1 atom stereocenters. The molecule has 1 unspecified atom stereocenters. The number of esters is 1. The van der Waals surface area contributed by atoms with E-state index in [0.29, 0.717) is 10.9 Å². The van der Waals surface area contributed by atoms with Crippen molar-refractivity contribution in [3.63, 3.8) is 0 Å². The molecular formula is C27H27ClN10O6. The molecule has 16 nitrogen and oxygen atoms in total. The summed E-state index contributed by atoms with van der Waals surface area (Å²) in [6, 6.07) is 6.39. The van der Waals surface area contributed by atoms with Crippen molar-refractivity contribution >= 4 is 40.1 Å². The zero-order valence-electron chi connectivity index (χ0n) is 24.2. The first-order valence-corrected chi connectivity index (χ1v) is 13.4. The Morgan fingerprint density at radius 3 is 2.43 bits per heavy atom. The minimum atomic E-state index is -0.762. The quantitative estimate of drug-likeness (QED) is 0.216. The number of nitrogens with two attached hydrogens (primary N) is 1. The van der Waals surface area contributed by atoms with Crippen molar-refractivity contribution in [3.05, 3.63) is 58.5 Å². The van der Waals surface area contributed by atoms with Crippen LogP contribution in [0.2, 0.25) is 5.02 Å². The summed E-state index contributed by atoms with van der Waals surface area (Å²) in [5.41, 5.74) is 6.60. The van der Waals surface area contributed by atoms with Crippen LogP contribution in [0, 0.1) is 6.92 Å². The molecule has 1 aromatic carbocycles. The van der Waals surface area contributed by atoms with Crippen LogP contribution < -0.4 is 25.3 Å². The SMILES string of the molecule is COc1cc(C(=O)Nc2c(C)cc3cn(-c4nc(OC)nc(OC)n4)nc3c2C(=O)OC(C)CN)n(-c2ncccc2Cl)n1. The molecule has 17 heteroatoms. The molecule has 1 amide bonds. The van der Waals surface area contributed by atoms with E-state index in [4.69, 9.17) is 36.3 Å². The summed E-state index contributed by atoms with van der Waals surface area (Å²) in [6.45, 7) is 3.44. The number of ether oxygens (including phenoxy) is 4. The molecule has 0 bridgehead atoms. The second kappa shape index (κ2) is 12.5. The number of halogens is 1. The van der Waals surface area contributed by atoms with Crippen molar-refractivity contribution in [2.75, 3.05) is 33.2 Å². The molecule has 228 valence electrons. The van der Waals surface area contributed by atoms with E-state index >= 15 is 0 Å². The fourth-order valence-electron chi connectivity index (χ4n) is 4.17. The van der Waals surface area contributed by atoms with Gasteiger partial charge in [-0.2, -0.15) is 15.1 Å². The number of fused-ring (bicyclic) bond motifs is 1. The Kier molecular flexibility index (Phi) is 8.54. The van der Waals surface area contributed by atoms with E-state index in [1.165, 1.54) is 43.0 Å². The molecule has 0 saturated heterocycles. The highest BCUT2D eigenvalue weighted by atomic mass is 35.5. The molecule has 5 rings (SSSR count). The molecule has 0 aliphatic heterocycles. The zero-order valence-corrected chi connectivity index (χ0v) is 25.0. The summed E-state index contributed by atoms with van der Waals surface area (Å²) in [5, 5.41) is 12.5. The van der Waals surface area contributed by atoms with Gasteiger partial charge in [-0.3, -0.25) is 4.79 Å². The summed E-state index contributed by atoms with van der Waals surface area (Å²) in [4.78, 5) is 44.1. The lowest BCUT2D eigenvalue weighted by Gasteiger charge is -2.17. The van der Waals surface area contributed by atoms with Crippen LogP contribution >= 0.6 is 11.6 Å². The third-order valence-corrected chi connectivity index (χ3v) is 6.59. The molecular weight excluding hydrogens is 596 g/mol. The monoisotopic (exact) mass is 622 g/mol. The number of carbonyl (C=O) groups is 2. The number of rotatable bonds is 10. The van der Waals surface area contributed by atoms with Gasteiger partial charge < -0.3 is 30.0 Å². The number of methoxy groups -OCH3 is 3. The molecule has 4 aromatic heterocycles. The van der Waals surface area contributed by atoms with E-state index in [0.717, 1.165) is 0 Å². The fourth-order valence-corrected chi connectivity index (χ4v) is 4.37. The lowest BCUT2D eigenvalue weighted by molar-refractivity contribution is 0.0362. The Labute approximate surface area is 255 Å². The van der Waals surface area contributed by atoms with Crippen LogP contribution in [0.25, 0.3) is 22.7 Å². The predicted molar refractivity (Wildman–Crippen MR) is 157 cm³/mol. The van der Waals surface area contributed by atoms with Crippen molar-refractivity contribution in [1.29, 1.82) is 0 Å². The molecule has 0 fully saturated rings. The van der Waals surface area contributed by atoms with Crippen LogP contribution in [-0.4, -0.2) is 85.4 Å². The van der Waals surface area contributed by atoms with E-state index in [-0.39, 0.29) is 63.7 Å². The Balaban J connectivity index is 1.65. The van der Waals surface area contributed by atoms with Crippen LogP contribution in [0.4, 0.5) is 5.69 Å². The molecule has 44 heavy (non-hydrogen) atoms. The number of aryl methyl sites for hydroxylation is 1. The average molecular weight is 623 g/mol. The third kappa shape index (κ3) is 5.80. The number of pyridine rings is 1. The standard InChI is InChI=1S/C27H27ClN10O6/c1-13-9-15-12-37(25-32-26(42-4)34-27(33-25)43-5)36-21(15)19(24(40)44-14(2)11-29)20(13)31-23(39)17-10-18(41-3)35-38(17)22-16(28)7-6-8-30-22/h6-10,12,14H,11,29H2,1-5H3,(H,31,39). The van der Waals surface area contributed by atoms with Gasteiger partial charge in [0.2, 0.25) is 5.88 Å². The van der Waals surface area contributed by atoms with Gasteiger partial charge in [-0.25, -0.2) is 19.1 Å². The van der Waals surface area contributed by atoms with Gasteiger partial charge in [-0.15, -0.1) is 10.1 Å². The topological polar surface area (TPSA) is 196 Å². The molecule has 0 aliphatic carbocycles. The molecule has 5 aromatic rings. The second-order valence-corrected chi connectivity index (χ2v) is 9.67. The summed E-state index contributed by atoms with van der Waals surface area (Å²) in [6.07, 6.45) is 2.49. The number of nitrogens with zero attached hydrogens (tertiary/aromatic N) is 8. The summed E-state index contributed by atoms with van der Waals surface area (Å²) in [5.74, 6) is -0.999. The van der Waals surface area contributed by atoms with Gasteiger partial charge in [-0.05, 0) is 37.6 Å². The Morgan fingerprint density at radius 1 is 1.07 bits per heavy atom. The Hall–Kier alpha value is -5.35. The fraction of sp³-hybridized carbons (Fsp3) is 0.259. The normalized spacial score (nSPS) is 11.7. The number of benzene rings is 1. The molecule has 3 N–H and O–H groups in total. The van der Waals surface area contributed by atoms with Crippen molar-refractivity contribution < 1.29 is 28.5 Å². The maximum Gasteiger partial charge on any atom is 0.342 e. The minimum absolute atomic E-state index is 0.00742. The summed E-state index contributed by atoms with van der Waals surface area (Å²) in [7, 11) is 4.20. The molecule has 0 saturated carbocycles. The van der Waals surface area contributed by atoms with Crippen molar-refractivity contribution in [2.45, 2.75) is 20.0 Å². The number of aromatic nitrogens is 8. The van der Waals surface area contributed by atoms with E-state index in [1.54, 1.807) is 38.2 Å². The second-order valence-electron chi connectivity index (χ2n) is 9.26. The number of carbonyl (C=O) groups excluding carboxylic acids is 2. The maximum atomic E-state index is 13.8. The predicted octanol–water partition coefficient (Wildman–Crippen LogP) is 2.54. The van der Waals surface area contributed by atoms with Crippen LogP contribution in [0.15, 0.2) is 36.7 Å². The van der Waals surface area contributed by atoms with E-state index in [9.17, 15) is 9.59 Å². The Bertz CT molecular complexity index is 1850. The highest BCUT2D eigenvalue weighted by molar-refractivity contribution is 6.32. The number of nitrogens with one attached hydrogen (secondary N) is 1. The zero-order chi connectivity index (χ0) is 31.5. The minimum Gasteiger partial charge on any atom is -0.480 e. The van der Waals surface area contributed by atoms with Crippen LogP contribution in [-0.2, 0) is 4.74 Å². The summed E-state index contributed by atoms with van der Waals surface area (Å²) >= 11 is 6.35. The lowest BCUT2D eigenvalue weighted by atomic mass is 10.0. The largest absolute Gasteiger partial charge is 0.480 e. The van der Waals surface area contributed by atoms with Crippen LogP contribution in [0.5, 0.6) is 17.9 Å². The maximum absolute atomic E-state index is 13.8. The van der Waals surface area contributed by atoms with E-state index in [1.807, 2.05) is 0 Å². The van der Waals surface area contributed by atoms with E-state index < -0.39 is 18.0 Å². The first-order valence-electron chi connectivity index (χ1n) is 13.0. The molecule has 4 heterocycles. The van der Waals surface area contributed by atoms with Gasteiger partial charge in [0.1, 0.15) is 22.9 Å². The van der Waals surface area contributed by atoms with Gasteiger partial charge in [0.15, 0.2) is 5.82 Å². The van der Waals surface area contributed by atoms with E-state index in [2.05, 4.69) is 35.5 Å². The van der Waals surface area contributed by atoms with Crippen molar-refractivity contribution in [1.82, 2.24) is 39.5 Å². The number of hydrogen-bond acceptors (Lipinski definition) is 13. The van der Waals surface area contributed by atoms with Gasteiger partial charge in [0.05, 0.1) is 32.0 Å².